The number of aryl methyl sites for hydroxylation is 1. The quantitative estimate of drug-likeness (QED) is 0.128. The number of carbonyl (C=O) groups is 3. The number of aromatic nitrogens is 4. The molecule has 1 aliphatic heterocycles. The number of nitrogens with one attached hydrogen (secondary N) is 5. The Morgan fingerprint density at radius 2 is 1.71 bits per heavy atom. The maximum Gasteiger partial charge on any atom is 0.251 e. The standard InChI is InChI=1S/C38H47N9O4/c1-23-19-28(37(49)41-30-15-17-40-18-16-30)10-13-31(23)32-20-25(5-14-34(32)51-2)21-33(43-36(48)27-6-3-24(22-39)4-7-27)38(50)42-29-11-8-26(9-12-29)35-44-46-47-45-35/h5,8-14,19-20,24,27,30,33,40H,3-4,6-7,15-18,21-22,39H2,1-2H3,(H,41,49)(H,42,50)(H,43,48)(H,44,45,46,47)/t24?,27?,33-/m0/s1. The minimum absolute atomic E-state index is 0.0807. The molecule has 1 aromatic heterocycles. The smallest absolute Gasteiger partial charge is 0.251 e. The van der Waals surface area contributed by atoms with Gasteiger partial charge in [0.15, 0.2) is 0 Å². The van der Waals surface area contributed by atoms with Crippen molar-refractivity contribution in [1.82, 2.24) is 36.6 Å². The topological polar surface area (TPSA) is 189 Å². The van der Waals surface area contributed by atoms with E-state index in [1.54, 1.807) is 31.4 Å². The van der Waals surface area contributed by atoms with Gasteiger partial charge in [0.25, 0.3) is 5.91 Å². The lowest BCUT2D eigenvalue weighted by Crippen LogP contribution is -2.48. The highest BCUT2D eigenvalue weighted by Crippen LogP contribution is 2.34. The van der Waals surface area contributed by atoms with E-state index in [0.717, 1.165) is 79.4 Å². The summed E-state index contributed by atoms with van der Waals surface area (Å²) in [5.74, 6) is 0.840. The fourth-order valence-electron chi connectivity index (χ4n) is 7.05. The molecule has 268 valence electrons. The van der Waals surface area contributed by atoms with Crippen LogP contribution in [0.25, 0.3) is 22.5 Å². The minimum atomic E-state index is -0.843. The van der Waals surface area contributed by atoms with Crippen molar-refractivity contribution >= 4 is 23.4 Å². The molecular formula is C38H47N9O4. The second-order valence-electron chi connectivity index (χ2n) is 13.6. The number of piperidine rings is 1. The molecule has 3 aromatic carbocycles. The van der Waals surface area contributed by atoms with Crippen LogP contribution >= 0.6 is 0 Å². The number of hydrogen-bond donors (Lipinski definition) is 6. The zero-order valence-electron chi connectivity index (χ0n) is 29.2. The molecule has 2 heterocycles. The second kappa shape index (κ2) is 16.7. The van der Waals surface area contributed by atoms with Gasteiger partial charge in [-0.05, 0) is 141 Å². The molecule has 1 saturated carbocycles. The fourth-order valence-corrected chi connectivity index (χ4v) is 7.05. The predicted molar refractivity (Wildman–Crippen MR) is 195 cm³/mol. The minimum Gasteiger partial charge on any atom is -0.496 e. The Morgan fingerprint density at radius 3 is 2.37 bits per heavy atom. The summed E-state index contributed by atoms with van der Waals surface area (Å²) >= 11 is 0. The normalized spacial score (nSPS) is 18.4. The molecule has 2 fully saturated rings. The van der Waals surface area contributed by atoms with E-state index in [0.29, 0.717) is 35.3 Å². The fraction of sp³-hybridized carbons (Fsp3) is 0.421. The third-order valence-electron chi connectivity index (χ3n) is 10.1. The van der Waals surface area contributed by atoms with Crippen LogP contribution in [0.1, 0.15) is 60.0 Å². The van der Waals surface area contributed by atoms with E-state index in [2.05, 4.69) is 41.9 Å². The van der Waals surface area contributed by atoms with E-state index in [9.17, 15) is 14.4 Å². The van der Waals surface area contributed by atoms with Crippen LogP contribution in [0.15, 0.2) is 60.7 Å². The summed E-state index contributed by atoms with van der Waals surface area (Å²) in [6.45, 7) is 4.40. The molecule has 51 heavy (non-hydrogen) atoms. The highest BCUT2D eigenvalue weighted by Gasteiger charge is 2.30. The lowest BCUT2D eigenvalue weighted by atomic mass is 9.81. The Hall–Kier alpha value is -5.14. The van der Waals surface area contributed by atoms with Crippen molar-refractivity contribution < 1.29 is 19.1 Å². The van der Waals surface area contributed by atoms with Crippen LogP contribution in [-0.4, -0.2) is 77.2 Å². The summed E-state index contributed by atoms with van der Waals surface area (Å²) in [4.78, 5) is 40.5. The Bertz CT molecular complexity index is 1800. The molecule has 1 aliphatic carbocycles. The molecule has 0 radical (unpaired) electrons. The number of nitrogens with zero attached hydrogens (tertiary/aromatic N) is 3. The molecular weight excluding hydrogens is 646 g/mol. The van der Waals surface area contributed by atoms with Crippen LogP contribution in [0.2, 0.25) is 0 Å². The zero-order valence-corrected chi connectivity index (χ0v) is 29.2. The number of H-pyrrole nitrogens is 1. The van der Waals surface area contributed by atoms with Crippen molar-refractivity contribution in [2.24, 2.45) is 17.6 Å². The second-order valence-corrected chi connectivity index (χ2v) is 13.6. The molecule has 0 bridgehead atoms. The van der Waals surface area contributed by atoms with Gasteiger partial charge in [0.05, 0.1) is 7.11 Å². The molecule has 6 rings (SSSR count). The predicted octanol–water partition coefficient (Wildman–Crippen LogP) is 3.76. The first-order chi connectivity index (χ1) is 24.8. The molecule has 1 atom stereocenters. The van der Waals surface area contributed by atoms with E-state index in [1.807, 2.05) is 43.3 Å². The van der Waals surface area contributed by atoms with Gasteiger partial charge in [0, 0.05) is 40.8 Å². The number of amides is 3. The number of hydrogen-bond acceptors (Lipinski definition) is 9. The van der Waals surface area contributed by atoms with Gasteiger partial charge in [-0.15, -0.1) is 10.2 Å². The van der Waals surface area contributed by atoms with Crippen molar-refractivity contribution in [3.05, 3.63) is 77.4 Å². The summed E-state index contributed by atoms with van der Waals surface area (Å²) in [5, 5.41) is 26.6. The van der Waals surface area contributed by atoms with Gasteiger partial charge in [0.2, 0.25) is 17.6 Å². The lowest BCUT2D eigenvalue weighted by molar-refractivity contribution is -0.130. The Morgan fingerprint density at radius 1 is 0.941 bits per heavy atom. The monoisotopic (exact) mass is 693 g/mol. The first kappa shape index (κ1) is 35.7. The number of methoxy groups -OCH3 is 1. The molecule has 2 aliphatic rings. The number of nitrogens with two attached hydrogens (primary N) is 1. The first-order valence-corrected chi connectivity index (χ1v) is 17.8. The highest BCUT2D eigenvalue weighted by atomic mass is 16.5. The van der Waals surface area contributed by atoms with E-state index in [1.165, 1.54) is 0 Å². The summed E-state index contributed by atoms with van der Waals surface area (Å²) in [6, 6.07) is 17.9. The Labute approximate surface area is 297 Å². The van der Waals surface area contributed by atoms with Crippen molar-refractivity contribution in [1.29, 1.82) is 0 Å². The SMILES string of the molecule is COc1ccc(C[C@H](NC(=O)C2CCC(CN)CC2)C(=O)Nc2ccc(-c3nn[nH]n3)cc2)cc1-c1ccc(C(=O)NC2CCNCC2)cc1C. The van der Waals surface area contributed by atoms with Gasteiger partial charge in [-0.3, -0.25) is 14.4 Å². The molecule has 4 aromatic rings. The highest BCUT2D eigenvalue weighted by molar-refractivity contribution is 5.98. The van der Waals surface area contributed by atoms with Gasteiger partial charge in [-0.2, -0.15) is 5.21 Å². The van der Waals surface area contributed by atoms with Gasteiger partial charge < -0.3 is 31.7 Å². The van der Waals surface area contributed by atoms with Crippen molar-refractivity contribution in [2.75, 3.05) is 32.1 Å². The van der Waals surface area contributed by atoms with E-state index in [4.69, 9.17) is 10.5 Å². The van der Waals surface area contributed by atoms with Gasteiger partial charge in [0.1, 0.15) is 11.8 Å². The number of carbonyl (C=O) groups excluding carboxylic acids is 3. The van der Waals surface area contributed by atoms with Crippen molar-refractivity contribution in [3.8, 4) is 28.3 Å². The van der Waals surface area contributed by atoms with Crippen molar-refractivity contribution in [3.63, 3.8) is 0 Å². The van der Waals surface area contributed by atoms with Gasteiger partial charge >= 0.3 is 0 Å². The number of anilines is 1. The average molecular weight is 694 g/mol. The number of benzene rings is 3. The summed E-state index contributed by atoms with van der Waals surface area (Å²) in [5.41, 5.74) is 11.3. The number of ether oxygens (including phenoxy) is 1. The van der Waals surface area contributed by atoms with E-state index in [-0.39, 0.29) is 36.1 Å². The van der Waals surface area contributed by atoms with E-state index >= 15 is 0 Å². The molecule has 1 saturated heterocycles. The maximum atomic E-state index is 13.9. The molecule has 13 heteroatoms. The van der Waals surface area contributed by atoms with Crippen LogP contribution in [0.4, 0.5) is 5.69 Å². The average Bonchev–Trinajstić information content (AvgIpc) is 3.70. The molecule has 3 amide bonds. The Kier molecular flexibility index (Phi) is 11.7. The molecule has 0 unspecified atom stereocenters. The number of aromatic amines is 1. The van der Waals surface area contributed by atoms with Gasteiger partial charge in [-0.25, -0.2) is 0 Å². The largest absolute Gasteiger partial charge is 0.496 e. The zero-order chi connectivity index (χ0) is 35.7. The third kappa shape index (κ3) is 8.97. The molecule has 0 spiro atoms. The van der Waals surface area contributed by atoms with E-state index < -0.39 is 6.04 Å². The molecule has 13 nitrogen and oxygen atoms in total. The van der Waals surface area contributed by atoms with Crippen LogP contribution in [0, 0.1) is 18.8 Å². The lowest BCUT2D eigenvalue weighted by Gasteiger charge is -2.28. The Balaban J connectivity index is 1.22. The van der Waals surface area contributed by atoms with Crippen LogP contribution < -0.4 is 31.7 Å². The van der Waals surface area contributed by atoms with Gasteiger partial charge in [-0.1, -0.05) is 12.1 Å². The van der Waals surface area contributed by atoms with Crippen LogP contribution in [-0.2, 0) is 16.0 Å². The summed E-state index contributed by atoms with van der Waals surface area (Å²) in [7, 11) is 1.62. The summed E-state index contributed by atoms with van der Waals surface area (Å²) < 4.78 is 5.76. The summed E-state index contributed by atoms with van der Waals surface area (Å²) in [6.07, 6.45) is 5.37. The maximum absolute atomic E-state index is 13.9. The van der Waals surface area contributed by atoms with Crippen LogP contribution in [0.5, 0.6) is 5.75 Å². The number of tetrazole rings is 1. The first-order valence-electron chi connectivity index (χ1n) is 17.8. The number of rotatable bonds is 12. The third-order valence-corrected chi connectivity index (χ3v) is 10.1. The molecule has 7 N–H and O–H groups in total. The van der Waals surface area contributed by atoms with Crippen LogP contribution in [0.3, 0.4) is 0 Å². The van der Waals surface area contributed by atoms with Crippen molar-refractivity contribution in [2.45, 2.75) is 64.0 Å².